The molecule has 0 aromatic heterocycles. The molecule has 0 rings (SSSR count). The Morgan fingerprint density at radius 1 is 1.60 bits per heavy atom. The summed E-state index contributed by atoms with van der Waals surface area (Å²) in [5.74, 6) is 0. The quantitative estimate of drug-likeness (QED) is 0.465. The van der Waals surface area contributed by atoms with Crippen LogP contribution in [0.2, 0.25) is 0 Å². The largest absolute Gasteiger partial charge is 0.501 e. The summed E-state index contributed by atoms with van der Waals surface area (Å²) in [5.41, 5.74) is 0. The first kappa shape index (κ1) is 9.50. The average Bonchev–Trinajstić information content (AvgIpc) is 1.98. The Morgan fingerprint density at radius 2 is 2.30 bits per heavy atom. The van der Waals surface area contributed by atoms with Crippen LogP contribution in [-0.4, -0.2) is 19.7 Å². The zero-order valence-corrected chi connectivity index (χ0v) is 7.05. The van der Waals surface area contributed by atoms with Crippen molar-refractivity contribution in [1.29, 1.82) is 0 Å². The molecular weight excluding hydrogens is 126 g/mol. The van der Waals surface area contributed by atoms with Crippen molar-refractivity contribution in [3.63, 3.8) is 0 Å². The fraction of sp³-hybridized carbons (Fsp3) is 0.750. The van der Waals surface area contributed by atoms with Gasteiger partial charge in [0.1, 0.15) is 0 Å². The van der Waals surface area contributed by atoms with Crippen LogP contribution in [0.3, 0.4) is 0 Å². The van der Waals surface area contributed by atoms with Gasteiger partial charge in [0.05, 0.1) is 12.9 Å². The number of allylic oxidation sites excluding steroid dienone is 1. The van der Waals surface area contributed by atoms with E-state index in [-0.39, 0.29) is 0 Å². The molecule has 1 atom stereocenters. The van der Waals surface area contributed by atoms with E-state index in [0.29, 0.717) is 6.04 Å². The van der Waals surface area contributed by atoms with E-state index in [1.165, 1.54) is 0 Å². The third-order valence-corrected chi connectivity index (χ3v) is 1.39. The lowest BCUT2D eigenvalue weighted by Crippen LogP contribution is -2.22. The summed E-state index contributed by atoms with van der Waals surface area (Å²) >= 11 is 0. The average molecular weight is 143 g/mol. The molecule has 0 aliphatic rings. The van der Waals surface area contributed by atoms with Crippen LogP contribution < -0.4 is 5.32 Å². The number of hydrogen-bond donors (Lipinski definition) is 1. The molecular formula is C8H17NO. The fourth-order valence-electron chi connectivity index (χ4n) is 0.553. The summed E-state index contributed by atoms with van der Waals surface area (Å²) in [6, 6.07) is 0.547. The molecule has 1 N–H and O–H groups in total. The summed E-state index contributed by atoms with van der Waals surface area (Å²) in [5, 5.41) is 3.14. The summed E-state index contributed by atoms with van der Waals surface area (Å²) in [6.45, 7) is 4.88. The molecule has 0 aliphatic carbocycles. The molecule has 0 heterocycles. The molecule has 2 nitrogen and oxygen atoms in total. The van der Waals surface area contributed by atoms with Gasteiger partial charge >= 0.3 is 0 Å². The minimum absolute atomic E-state index is 0.547. The molecule has 0 bridgehead atoms. The van der Waals surface area contributed by atoms with Crippen LogP contribution in [0.15, 0.2) is 12.3 Å². The van der Waals surface area contributed by atoms with Crippen molar-refractivity contribution < 1.29 is 4.74 Å². The Morgan fingerprint density at radius 3 is 2.80 bits per heavy atom. The molecule has 0 saturated carbocycles. The van der Waals surface area contributed by atoms with Gasteiger partial charge in [-0.25, -0.2) is 0 Å². The lowest BCUT2D eigenvalue weighted by Gasteiger charge is -2.08. The SMILES string of the molecule is CC=COCCC(C)NC. The van der Waals surface area contributed by atoms with Crippen molar-refractivity contribution >= 4 is 0 Å². The molecule has 0 spiro atoms. The van der Waals surface area contributed by atoms with Gasteiger partial charge in [-0.15, -0.1) is 0 Å². The monoisotopic (exact) mass is 143 g/mol. The van der Waals surface area contributed by atoms with E-state index in [4.69, 9.17) is 4.74 Å². The summed E-state index contributed by atoms with van der Waals surface area (Å²) in [4.78, 5) is 0. The van der Waals surface area contributed by atoms with Crippen molar-refractivity contribution in [2.75, 3.05) is 13.7 Å². The zero-order chi connectivity index (χ0) is 7.82. The molecule has 0 aromatic rings. The number of nitrogens with one attached hydrogen (secondary N) is 1. The Balaban J connectivity index is 3.03. The predicted molar refractivity (Wildman–Crippen MR) is 43.9 cm³/mol. The van der Waals surface area contributed by atoms with Crippen molar-refractivity contribution in [3.05, 3.63) is 12.3 Å². The summed E-state index contributed by atoms with van der Waals surface area (Å²) in [7, 11) is 1.96. The van der Waals surface area contributed by atoms with Gasteiger partial charge in [-0.05, 0) is 27.3 Å². The Hall–Kier alpha value is -0.500. The van der Waals surface area contributed by atoms with E-state index in [9.17, 15) is 0 Å². The first-order valence-corrected chi connectivity index (χ1v) is 3.71. The molecule has 0 aliphatic heterocycles. The predicted octanol–water partition coefficient (Wildman–Crippen LogP) is 1.53. The summed E-state index contributed by atoms with van der Waals surface area (Å²) < 4.78 is 5.13. The molecule has 1 unspecified atom stereocenters. The molecule has 10 heavy (non-hydrogen) atoms. The molecule has 0 aromatic carbocycles. The Kier molecular flexibility index (Phi) is 6.29. The third-order valence-electron chi connectivity index (χ3n) is 1.39. The van der Waals surface area contributed by atoms with Gasteiger partial charge in [0.2, 0.25) is 0 Å². The number of rotatable bonds is 5. The van der Waals surface area contributed by atoms with Crippen LogP contribution in [0.1, 0.15) is 20.3 Å². The highest BCUT2D eigenvalue weighted by Gasteiger charge is 1.94. The van der Waals surface area contributed by atoms with Gasteiger partial charge in [0, 0.05) is 6.04 Å². The second-order valence-corrected chi connectivity index (χ2v) is 2.32. The third kappa shape index (κ3) is 5.63. The van der Waals surface area contributed by atoms with Crippen molar-refractivity contribution in [2.24, 2.45) is 0 Å². The Bertz CT molecular complexity index is 91.3. The zero-order valence-electron chi connectivity index (χ0n) is 7.05. The highest BCUT2D eigenvalue weighted by Crippen LogP contribution is 1.90. The van der Waals surface area contributed by atoms with Gasteiger partial charge in [0.25, 0.3) is 0 Å². The maximum absolute atomic E-state index is 5.13. The van der Waals surface area contributed by atoms with E-state index < -0.39 is 0 Å². The van der Waals surface area contributed by atoms with Gasteiger partial charge in [-0.2, -0.15) is 0 Å². The summed E-state index contributed by atoms with van der Waals surface area (Å²) in [6.07, 6.45) is 4.67. The first-order chi connectivity index (χ1) is 4.81. The maximum Gasteiger partial charge on any atom is 0.0887 e. The van der Waals surface area contributed by atoms with E-state index in [1.54, 1.807) is 6.26 Å². The molecule has 0 fully saturated rings. The lowest BCUT2D eigenvalue weighted by atomic mass is 10.2. The second kappa shape index (κ2) is 6.62. The van der Waals surface area contributed by atoms with E-state index in [0.717, 1.165) is 13.0 Å². The first-order valence-electron chi connectivity index (χ1n) is 3.71. The lowest BCUT2D eigenvalue weighted by molar-refractivity contribution is 0.232. The van der Waals surface area contributed by atoms with Crippen molar-refractivity contribution in [2.45, 2.75) is 26.3 Å². The highest BCUT2D eigenvalue weighted by molar-refractivity contribution is 4.65. The van der Waals surface area contributed by atoms with Gasteiger partial charge in [0.15, 0.2) is 0 Å². The van der Waals surface area contributed by atoms with Crippen LogP contribution in [0.25, 0.3) is 0 Å². The standard InChI is InChI=1S/C8H17NO/c1-4-6-10-7-5-8(2)9-3/h4,6,8-9H,5,7H2,1-3H3. The van der Waals surface area contributed by atoms with Crippen molar-refractivity contribution in [1.82, 2.24) is 5.32 Å². The van der Waals surface area contributed by atoms with Crippen LogP contribution in [0, 0.1) is 0 Å². The van der Waals surface area contributed by atoms with Crippen molar-refractivity contribution in [3.8, 4) is 0 Å². The van der Waals surface area contributed by atoms with Crippen LogP contribution >= 0.6 is 0 Å². The minimum atomic E-state index is 0.547. The van der Waals surface area contributed by atoms with Crippen LogP contribution in [0.4, 0.5) is 0 Å². The van der Waals surface area contributed by atoms with Crippen LogP contribution in [0.5, 0.6) is 0 Å². The molecule has 2 heteroatoms. The van der Waals surface area contributed by atoms with Gasteiger partial charge < -0.3 is 10.1 Å². The van der Waals surface area contributed by atoms with E-state index in [1.807, 2.05) is 20.0 Å². The topological polar surface area (TPSA) is 21.3 Å². The minimum Gasteiger partial charge on any atom is -0.501 e. The molecule has 0 radical (unpaired) electrons. The Labute approximate surface area is 63.3 Å². The number of hydrogen-bond acceptors (Lipinski definition) is 2. The van der Waals surface area contributed by atoms with E-state index in [2.05, 4.69) is 12.2 Å². The number of ether oxygens (including phenoxy) is 1. The molecule has 60 valence electrons. The van der Waals surface area contributed by atoms with Crippen LogP contribution in [-0.2, 0) is 4.74 Å². The maximum atomic E-state index is 5.13. The molecule has 0 saturated heterocycles. The van der Waals surface area contributed by atoms with Gasteiger partial charge in [-0.3, -0.25) is 0 Å². The van der Waals surface area contributed by atoms with Gasteiger partial charge in [-0.1, -0.05) is 6.08 Å². The van der Waals surface area contributed by atoms with E-state index >= 15 is 0 Å². The smallest absolute Gasteiger partial charge is 0.0887 e. The normalized spacial score (nSPS) is 13.9. The second-order valence-electron chi connectivity index (χ2n) is 2.32. The fourth-order valence-corrected chi connectivity index (χ4v) is 0.553. The highest BCUT2D eigenvalue weighted by atomic mass is 16.5. The molecule has 0 amide bonds.